The zero-order valence-electron chi connectivity index (χ0n) is 12.8. The molecule has 1 unspecified atom stereocenters. The molecule has 1 aliphatic rings. The molecule has 1 aliphatic heterocycles. The lowest BCUT2D eigenvalue weighted by atomic mass is 10.2. The molecule has 0 aromatic heterocycles. The van der Waals surface area contributed by atoms with E-state index < -0.39 is 5.82 Å². The molecule has 0 fully saturated rings. The first-order chi connectivity index (χ1) is 11.0. The summed E-state index contributed by atoms with van der Waals surface area (Å²) in [4.78, 5) is 14.1. The van der Waals surface area contributed by atoms with Crippen LogP contribution in [0.15, 0.2) is 42.5 Å². The number of para-hydroxylation sites is 1. The highest BCUT2D eigenvalue weighted by Crippen LogP contribution is 2.34. The average molecular weight is 315 g/mol. The molecule has 0 radical (unpaired) electrons. The highest BCUT2D eigenvalue weighted by Gasteiger charge is 2.25. The van der Waals surface area contributed by atoms with Crippen molar-refractivity contribution in [2.75, 3.05) is 29.0 Å². The van der Waals surface area contributed by atoms with Gasteiger partial charge in [-0.1, -0.05) is 12.1 Å². The first-order valence-corrected chi connectivity index (χ1v) is 7.38. The van der Waals surface area contributed by atoms with E-state index in [1.807, 2.05) is 11.8 Å². The predicted octanol–water partition coefficient (Wildman–Crippen LogP) is 2.63. The van der Waals surface area contributed by atoms with Gasteiger partial charge in [0.15, 0.2) is 0 Å². The van der Waals surface area contributed by atoms with Gasteiger partial charge < -0.3 is 20.7 Å². The molecule has 120 valence electrons. The second-order valence-electron chi connectivity index (χ2n) is 5.56. The van der Waals surface area contributed by atoms with Gasteiger partial charge in [0, 0.05) is 5.69 Å². The summed E-state index contributed by atoms with van der Waals surface area (Å²) in [5.41, 5.74) is 7.36. The molecule has 5 nitrogen and oxygen atoms in total. The molecule has 0 saturated heterocycles. The highest BCUT2D eigenvalue weighted by molar-refractivity contribution is 5.94. The summed E-state index contributed by atoms with van der Waals surface area (Å²) in [6.07, 6.45) is -0.0487. The number of hydrogen-bond acceptors (Lipinski definition) is 4. The van der Waals surface area contributed by atoms with Crippen LogP contribution in [0.1, 0.15) is 6.92 Å². The van der Waals surface area contributed by atoms with E-state index in [-0.39, 0.29) is 24.2 Å². The fourth-order valence-electron chi connectivity index (χ4n) is 2.62. The quantitative estimate of drug-likeness (QED) is 0.855. The molecule has 6 heteroatoms. The number of rotatable bonds is 3. The first-order valence-electron chi connectivity index (χ1n) is 7.38. The number of ether oxygens (including phenoxy) is 1. The Kier molecular flexibility index (Phi) is 4.06. The third kappa shape index (κ3) is 3.36. The number of nitrogen functional groups attached to an aromatic ring is 1. The molecular formula is C17H18FN3O2. The number of nitrogens with one attached hydrogen (secondary N) is 1. The van der Waals surface area contributed by atoms with Crippen molar-refractivity contribution in [3.8, 4) is 5.75 Å². The van der Waals surface area contributed by atoms with Crippen molar-refractivity contribution in [1.82, 2.24) is 0 Å². The van der Waals surface area contributed by atoms with Crippen LogP contribution >= 0.6 is 0 Å². The van der Waals surface area contributed by atoms with Crippen LogP contribution in [0.4, 0.5) is 21.5 Å². The molecule has 0 bridgehead atoms. The Hall–Kier alpha value is -2.76. The highest BCUT2D eigenvalue weighted by atomic mass is 19.1. The Balaban J connectivity index is 1.76. The van der Waals surface area contributed by atoms with Crippen molar-refractivity contribution < 1.29 is 13.9 Å². The van der Waals surface area contributed by atoms with E-state index in [4.69, 9.17) is 10.5 Å². The summed E-state index contributed by atoms with van der Waals surface area (Å²) in [5, 5.41) is 2.59. The maximum Gasteiger partial charge on any atom is 0.243 e. The summed E-state index contributed by atoms with van der Waals surface area (Å²) in [6, 6.07) is 11.4. The number of benzene rings is 2. The zero-order valence-corrected chi connectivity index (χ0v) is 12.8. The summed E-state index contributed by atoms with van der Waals surface area (Å²) in [6.45, 7) is 2.58. The van der Waals surface area contributed by atoms with Crippen LogP contribution in [0.25, 0.3) is 0 Å². The van der Waals surface area contributed by atoms with Gasteiger partial charge in [0.2, 0.25) is 5.91 Å². The van der Waals surface area contributed by atoms with Gasteiger partial charge in [0.1, 0.15) is 17.7 Å². The number of carbonyl (C=O) groups is 1. The van der Waals surface area contributed by atoms with E-state index in [9.17, 15) is 9.18 Å². The zero-order chi connectivity index (χ0) is 16.4. The van der Waals surface area contributed by atoms with Crippen molar-refractivity contribution in [3.05, 3.63) is 48.3 Å². The minimum absolute atomic E-state index is 0.0487. The number of fused-ring (bicyclic) bond motifs is 1. The van der Waals surface area contributed by atoms with Gasteiger partial charge in [-0.05, 0) is 37.3 Å². The summed E-state index contributed by atoms with van der Waals surface area (Å²) < 4.78 is 19.4. The maximum absolute atomic E-state index is 13.6. The number of anilines is 3. The van der Waals surface area contributed by atoms with Crippen molar-refractivity contribution in [1.29, 1.82) is 0 Å². The second-order valence-corrected chi connectivity index (χ2v) is 5.56. The lowest BCUT2D eigenvalue weighted by Gasteiger charge is -2.34. The number of hydrogen-bond donors (Lipinski definition) is 2. The van der Waals surface area contributed by atoms with E-state index in [2.05, 4.69) is 5.32 Å². The molecule has 0 saturated carbocycles. The third-order valence-corrected chi connectivity index (χ3v) is 3.61. The molecular weight excluding hydrogens is 297 g/mol. The van der Waals surface area contributed by atoms with Crippen molar-refractivity contribution in [3.63, 3.8) is 0 Å². The van der Waals surface area contributed by atoms with Crippen LogP contribution in [-0.2, 0) is 4.79 Å². The molecule has 23 heavy (non-hydrogen) atoms. The molecule has 2 aromatic carbocycles. The number of nitrogens with two attached hydrogens (primary N) is 1. The molecule has 0 aliphatic carbocycles. The normalized spacial score (nSPS) is 16.4. The molecule has 1 heterocycles. The Bertz CT molecular complexity index is 736. The standard InChI is InChI=1S/C17H18FN3O2/c1-11-9-21(15-8-12(19)6-7-16(15)23-11)10-17(22)20-14-5-3-2-4-13(14)18/h2-8,11H,9-10,19H2,1H3,(H,20,22). The van der Waals surface area contributed by atoms with E-state index in [1.54, 1.807) is 30.3 Å². The fourth-order valence-corrected chi connectivity index (χ4v) is 2.62. The number of nitrogens with zero attached hydrogens (tertiary/aromatic N) is 1. The van der Waals surface area contributed by atoms with Crippen LogP contribution in [-0.4, -0.2) is 25.1 Å². The van der Waals surface area contributed by atoms with Gasteiger partial charge in [-0.25, -0.2) is 4.39 Å². The van der Waals surface area contributed by atoms with Crippen molar-refractivity contribution in [2.24, 2.45) is 0 Å². The Morgan fingerprint density at radius 1 is 1.39 bits per heavy atom. The van der Waals surface area contributed by atoms with Gasteiger partial charge in [-0.15, -0.1) is 0 Å². The Morgan fingerprint density at radius 2 is 2.17 bits per heavy atom. The minimum atomic E-state index is -0.458. The van der Waals surface area contributed by atoms with Gasteiger partial charge in [0.25, 0.3) is 0 Å². The van der Waals surface area contributed by atoms with Crippen molar-refractivity contribution >= 4 is 23.0 Å². The van der Waals surface area contributed by atoms with Gasteiger partial charge in [0.05, 0.1) is 24.5 Å². The largest absolute Gasteiger partial charge is 0.487 e. The smallest absolute Gasteiger partial charge is 0.243 e. The summed E-state index contributed by atoms with van der Waals surface area (Å²) >= 11 is 0. The first kappa shape index (κ1) is 15.1. The molecule has 2 aromatic rings. The van der Waals surface area contributed by atoms with E-state index >= 15 is 0 Å². The monoisotopic (exact) mass is 315 g/mol. The summed E-state index contributed by atoms with van der Waals surface area (Å²) in [7, 11) is 0. The van der Waals surface area contributed by atoms with Crippen LogP contribution in [0.5, 0.6) is 5.75 Å². The molecule has 0 spiro atoms. The summed E-state index contributed by atoms with van der Waals surface area (Å²) in [5.74, 6) is -0.0601. The molecule has 3 N–H and O–H groups in total. The SMILES string of the molecule is CC1CN(CC(=O)Nc2ccccc2F)c2cc(N)ccc2O1. The second kappa shape index (κ2) is 6.16. The molecule has 3 rings (SSSR count). The van der Waals surface area contributed by atoms with Gasteiger partial charge in [-0.3, -0.25) is 4.79 Å². The number of amides is 1. The van der Waals surface area contributed by atoms with Crippen molar-refractivity contribution in [2.45, 2.75) is 13.0 Å². The lowest BCUT2D eigenvalue weighted by molar-refractivity contribution is -0.115. The van der Waals surface area contributed by atoms with E-state index in [0.29, 0.717) is 18.0 Å². The average Bonchev–Trinajstić information content (AvgIpc) is 2.50. The topological polar surface area (TPSA) is 67.6 Å². The maximum atomic E-state index is 13.6. The van der Waals surface area contributed by atoms with Crippen LogP contribution in [0.3, 0.4) is 0 Å². The fraction of sp³-hybridized carbons (Fsp3) is 0.235. The number of carbonyl (C=O) groups excluding carboxylic acids is 1. The number of halogens is 1. The predicted molar refractivity (Wildman–Crippen MR) is 88.2 cm³/mol. The van der Waals surface area contributed by atoms with Gasteiger partial charge in [-0.2, -0.15) is 0 Å². The molecule has 1 amide bonds. The Labute approximate surface area is 133 Å². The lowest BCUT2D eigenvalue weighted by Crippen LogP contribution is -2.42. The van der Waals surface area contributed by atoms with Crippen LogP contribution in [0, 0.1) is 5.82 Å². The molecule has 1 atom stereocenters. The Morgan fingerprint density at radius 3 is 2.96 bits per heavy atom. The minimum Gasteiger partial charge on any atom is -0.487 e. The van der Waals surface area contributed by atoms with E-state index in [0.717, 1.165) is 5.69 Å². The van der Waals surface area contributed by atoms with Crippen LogP contribution < -0.4 is 20.7 Å². The van der Waals surface area contributed by atoms with Crippen LogP contribution in [0.2, 0.25) is 0 Å². The third-order valence-electron chi connectivity index (χ3n) is 3.61. The van der Waals surface area contributed by atoms with Gasteiger partial charge >= 0.3 is 0 Å². The van der Waals surface area contributed by atoms with E-state index in [1.165, 1.54) is 12.1 Å².